The molecule has 1 saturated heterocycles. The lowest BCUT2D eigenvalue weighted by Gasteiger charge is -2.24. The molecule has 1 fully saturated rings. The van der Waals surface area contributed by atoms with Gasteiger partial charge in [-0.05, 0) is 36.4 Å². The molecule has 4 rings (SSSR count). The van der Waals surface area contributed by atoms with Gasteiger partial charge in [0.2, 0.25) is 5.60 Å². The van der Waals surface area contributed by atoms with Crippen LogP contribution in [0.3, 0.4) is 0 Å². The van der Waals surface area contributed by atoms with E-state index >= 15 is 0 Å². The van der Waals surface area contributed by atoms with Gasteiger partial charge in [0.05, 0.1) is 18.0 Å². The summed E-state index contributed by atoms with van der Waals surface area (Å²) >= 11 is 0. The number of nitrogens with one attached hydrogen (secondary N) is 1. The number of hydrogen-bond donors (Lipinski definition) is 6. The van der Waals surface area contributed by atoms with E-state index in [4.69, 9.17) is 16.2 Å². The number of nitrogens with zero attached hydrogens (tertiary/aromatic N) is 5. The number of nitrogens with two attached hydrogens (primary N) is 2. The maximum absolute atomic E-state index is 12.7. The number of carbonyl (C=O) groups is 1. The van der Waals surface area contributed by atoms with Crippen molar-refractivity contribution in [1.29, 1.82) is 5.26 Å². The molecule has 0 aliphatic carbocycles. The van der Waals surface area contributed by atoms with Crippen LogP contribution in [-0.2, 0) is 10.3 Å². The molecular weight excluding hydrogens is 432 g/mol. The lowest BCUT2D eigenvalue weighted by molar-refractivity contribution is -0.0643. The number of aromatic nitrogens is 3. The Kier molecular flexibility index (Phi) is 5.66. The van der Waals surface area contributed by atoms with Crippen molar-refractivity contribution in [1.82, 2.24) is 14.6 Å². The van der Waals surface area contributed by atoms with E-state index in [1.165, 1.54) is 28.8 Å². The largest absolute Gasteiger partial charge is 0.394 e. The maximum Gasteiger partial charge on any atom is 0.256 e. The topological polar surface area (TPSA) is 217 Å². The van der Waals surface area contributed by atoms with Crippen LogP contribution in [0.4, 0.5) is 11.5 Å². The second-order valence-corrected chi connectivity index (χ2v) is 7.28. The number of carbonyl (C=O) groups excluding carboxylic acids is 1. The third-order valence-corrected chi connectivity index (χ3v) is 5.26. The normalized spacial score (nSPS) is 24.4. The summed E-state index contributed by atoms with van der Waals surface area (Å²) in [5.74, 6) is -0.448. The number of nitriles is 1. The molecule has 0 spiro atoms. The summed E-state index contributed by atoms with van der Waals surface area (Å²) in [5.41, 5.74) is 9.88. The van der Waals surface area contributed by atoms with Gasteiger partial charge in [-0.1, -0.05) is 0 Å². The number of aliphatic imine (C=N–C) groups is 1. The molecule has 3 aromatic rings. The first kappa shape index (κ1) is 22.1. The monoisotopic (exact) mass is 452 g/mol. The highest BCUT2D eigenvalue weighted by Crippen LogP contribution is 2.40. The predicted molar refractivity (Wildman–Crippen MR) is 114 cm³/mol. The van der Waals surface area contributed by atoms with E-state index in [9.17, 15) is 25.4 Å². The molecule has 0 radical (unpaired) electrons. The van der Waals surface area contributed by atoms with Gasteiger partial charge in [-0.2, -0.15) is 10.4 Å². The number of anilines is 1. The zero-order valence-electron chi connectivity index (χ0n) is 17.0. The van der Waals surface area contributed by atoms with Crippen LogP contribution in [0, 0.1) is 11.3 Å². The minimum Gasteiger partial charge on any atom is -0.394 e. The smallest absolute Gasteiger partial charge is 0.256 e. The van der Waals surface area contributed by atoms with E-state index in [1.807, 2.05) is 6.07 Å². The Morgan fingerprint density at radius 3 is 2.61 bits per heavy atom. The van der Waals surface area contributed by atoms with Gasteiger partial charge in [-0.3, -0.25) is 4.79 Å². The Morgan fingerprint density at radius 2 is 2.00 bits per heavy atom. The highest BCUT2D eigenvalue weighted by molar-refractivity contribution is 6.05. The molecule has 1 amide bonds. The molecule has 3 heterocycles. The zero-order chi connectivity index (χ0) is 23.8. The summed E-state index contributed by atoms with van der Waals surface area (Å²) in [6.07, 6.45) is -3.13. The van der Waals surface area contributed by atoms with Crippen LogP contribution in [0.25, 0.3) is 5.52 Å². The molecule has 1 aliphatic heterocycles. The number of aliphatic hydroxyl groups is 3. The van der Waals surface area contributed by atoms with Crippen molar-refractivity contribution in [3.8, 4) is 6.07 Å². The molecule has 33 heavy (non-hydrogen) atoms. The van der Waals surface area contributed by atoms with Gasteiger partial charge < -0.3 is 36.8 Å². The summed E-state index contributed by atoms with van der Waals surface area (Å²) in [6.45, 7) is -0.594. The minimum absolute atomic E-state index is 0.0991. The van der Waals surface area contributed by atoms with E-state index in [1.54, 1.807) is 12.1 Å². The summed E-state index contributed by atoms with van der Waals surface area (Å²) in [6, 6.07) is 11.1. The van der Waals surface area contributed by atoms with Crippen LogP contribution >= 0.6 is 0 Å². The van der Waals surface area contributed by atoms with Crippen molar-refractivity contribution in [2.24, 2.45) is 16.5 Å². The standard InChI is InChI=1S/C20H20N8O5/c21-8-20(16(31)15(30)13(7-29)33-20)14-6-5-12-17(24-9-25-28(12)14)27-18(32)10-1-3-11(4-2-10)26-19(22)23/h1-6,9,13,15-16,29-31H,7H2,(H4,22,23,26)(H,24,25,27,32)/t13-,15-,16-,20+/m1/s1. The van der Waals surface area contributed by atoms with Gasteiger partial charge in [0.1, 0.15) is 36.2 Å². The number of ether oxygens (including phenoxy) is 1. The highest BCUT2D eigenvalue weighted by atomic mass is 16.6. The van der Waals surface area contributed by atoms with E-state index in [0.29, 0.717) is 16.8 Å². The van der Waals surface area contributed by atoms with E-state index in [0.717, 1.165) is 6.33 Å². The highest BCUT2D eigenvalue weighted by Gasteiger charge is 2.57. The van der Waals surface area contributed by atoms with E-state index < -0.39 is 36.4 Å². The molecule has 4 atom stereocenters. The Balaban J connectivity index is 1.66. The van der Waals surface area contributed by atoms with Gasteiger partial charge >= 0.3 is 0 Å². The lowest BCUT2D eigenvalue weighted by Crippen LogP contribution is -2.40. The fourth-order valence-corrected chi connectivity index (χ4v) is 3.66. The van der Waals surface area contributed by atoms with Gasteiger partial charge in [-0.25, -0.2) is 14.5 Å². The van der Waals surface area contributed by atoms with Crippen LogP contribution in [0.1, 0.15) is 16.1 Å². The molecule has 2 aromatic heterocycles. The van der Waals surface area contributed by atoms with E-state index in [2.05, 4.69) is 20.4 Å². The lowest BCUT2D eigenvalue weighted by atomic mass is 9.92. The third-order valence-electron chi connectivity index (χ3n) is 5.26. The van der Waals surface area contributed by atoms with Gasteiger partial charge in [-0.15, -0.1) is 0 Å². The van der Waals surface area contributed by atoms with Gasteiger partial charge in [0.15, 0.2) is 11.8 Å². The Bertz CT molecular complexity index is 1260. The van der Waals surface area contributed by atoms with Crippen LogP contribution in [-0.4, -0.2) is 66.7 Å². The van der Waals surface area contributed by atoms with Gasteiger partial charge in [0.25, 0.3) is 5.91 Å². The first-order chi connectivity index (χ1) is 15.8. The summed E-state index contributed by atoms with van der Waals surface area (Å²) < 4.78 is 6.81. The molecule has 13 heteroatoms. The van der Waals surface area contributed by atoms with Crippen LogP contribution in [0.5, 0.6) is 0 Å². The first-order valence-corrected chi connectivity index (χ1v) is 9.71. The number of amides is 1. The van der Waals surface area contributed by atoms with Crippen molar-refractivity contribution < 1.29 is 24.9 Å². The van der Waals surface area contributed by atoms with Crippen LogP contribution in [0.15, 0.2) is 47.7 Å². The van der Waals surface area contributed by atoms with Crippen molar-refractivity contribution >= 4 is 28.9 Å². The van der Waals surface area contributed by atoms with Crippen molar-refractivity contribution in [3.05, 3.63) is 54.0 Å². The van der Waals surface area contributed by atoms with Crippen LogP contribution in [0.2, 0.25) is 0 Å². The molecule has 0 saturated carbocycles. The number of guanidine groups is 1. The third kappa shape index (κ3) is 3.73. The predicted octanol–water partition coefficient (Wildman–Crippen LogP) is -1.28. The number of hydrogen-bond acceptors (Lipinski definition) is 9. The minimum atomic E-state index is -1.99. The number of rotatable bonds is 5. The van der Waals surface area contributed by atoms with E-state index in [-0.39, 0.29) is 17.5 Å². The SMILES string of the molecule is N#C[C@@]1(c2ccc3c(NC(=O)c4ccc(N=C(N)N)cc4)ncnn23)O[C@H](CO)[C@@H](O)[C@H]1O. The quantitative estimate of drug-likeness (QED) is 0.199. The molecule has 0 unspecified atom stereocenters. The van der Waals surface area contributed by atoms with Crippen molar-refractivity contribution in [2.75, 3.05) is 11.9 Å². The molecule has 0 bridgehead atoms. The van der Waals surface area contributed by atoms with Crippen LogP contribution < -0.4 is 16.8 Å². The number of aliphatic hydroxyl groups excluding tert-OH is 3. The Hall–Kier alpha value is -4.09. The molecule has 1 aliphatic rings. The second kappa shape index (κ2) is 8.45. The molecule has 13 nitrogen and oxygen atoms in total. The van der Waals surface area contributed by atoms with Crippen molar-refractivity contribution in [3.63, 3.8) is 0 Å². The fraction of sp³-hybridized carbons (Fsp3) is 0.250. The maximum atomic E-state index is 12.7. The average molecular weight is 452 g/mol. The fourth-order valence-electron chi connectivity index (χ4n) is 3.66. The number of fused-ring (bicyclic) bond motifs is 1. The molecule has 170 valence electrons. The molecule has 1 aromatic carbocycles. The van der Waals surface area contributed by atoms with Crippen molar-refractivity contribution in [2.45, 2.75) is 23.9 Å². The second-order valence-electron chi connectivity index (χ2n) is 7.28. The summed E-state index contributed by atoms with van der Waals surface area (Å²) in [7, 11) is 0. The Morgan fingerprint density at radius 1 is 1.27 bits per heavy atom. The number of benzene rings is 1. The Labute approximate surface area is 186 Å². The van der Waals surface area contributed by atoms with Gasteiger partial charge in [0, 0.05) is 5.56 Å². The average Bonchev–Trinajstić information content (AvgIpc) is 3.35. The summed E-state index contributed by atoms with van der Waals surface area (Å²) in [5, 5.41) is 46.6. The summed E-state index contributed by atoms with van der Waals surface area (Å²) in [4.78, 5) is 20.7. The zero-order valence-corrected chi connectivity index (χ0v) is 17.0. The molecular formula is C20H20N8O5. The first-order valence-electron chi connectivity index (χ1n) is 9.71. The molecule has 8 N–H and O–H groups in total.